The Kier molecular flexibility index (Phi) is 8.07. The number of hydrogen-bond donors (Lipinski definition) is 1. The van der Waals surface area contributed by atoms with E-state index in [1.54, 1.807) is 11.9 Å². The first-order valence-electron chi connectivity index (χ1n) is 10.4. The second-order valence-corrected chi connectivity index (χ2v) is 7.72. The number of ether oxygens (including phenoxy) is 2. The molecule has 5 heteroatoms. The summed E-state index contributed by atoms with van der Waals surface area (Å²) in [6, 6.07) is 13.4. The predicted molar refractivity (Wildman–Crippen MR) is 121 cm³/mol. The second-order valence-electron chi connectivity index (χ2n) is 6.65. The number of rotatable bonds is 5. The lowest BCUT2D eigenvalue weighted by molar-refractivity contribution is 0.109. The molecule has 1 N–H and O–H groups in total. The molecule has 2 aromatic carbocycles. The lowest BCUT2D eigenvalue weighted by Gasteiger charge is -2.33. The second kappa shape index (κ2) is 10.7. The molecule has 0 aromatic heterocycles. The average Bonchev–Trinajstić information content (AvgIpc) is 2.79. The van der Waals surface area contributed by atoms with Gasteiger partial charge in [0, 0.05) is 35.8 Å². The van der Waals surface area contributed by atoms with Crippen LogP contribution in [0.2, 0.25) is 0 Å². The van der Waals surface area contributed by atoms with E-state index in [1.807, 2.05) is 13.8 Å². The monoisotopic (exact) mass is 400 g/mol. The van der Waals surface area contributed by atoms with Crippen molar-refractivity contribution in [3.63, 3.8) is 0 Å². The number of morpholine rings is 1. The van der Waals surface area contributed by atoms with Gasteiger partial charge >= 0.3 is 0 Å². The van der Waals surface area contributed by atoms with Crippen LogP contribution in [0.3, 0.4) is 0 Å². The van der Waals surface area contributed by atoms with Crippen molar-refractivity contribution in [2.45, 2.75) is 33.8 Å². The number of anilines is 2. The molecule has 0 amide bonds. The van der Waals surface area contributed by atoms with E-state index in [2.05, 4.69) is 52.9 Å². The molecule has 0 unspecified atom stereocenters. The van der Waals surface area contributed by atoms with Gasteiger partial charge < -0.3 is 19.1 Å². The van der Waals surface area contributed by atoms with Crippen LogP contribution < -0.4 is 9.62 Å². The molecule has 0 radical (unpaired) electrons. The van der Waals surface area contributed by atoms with Gasteiger partial charge in [-0.1, -0.05) is 50.9 Å². The highest BCUT2D eigenvalue weighted by Gasteiger charge is 2.21. The van der Waals surface area contributed by atoms with Crippen molar-refractivity contribution < 1.29 is 9.47 Å². The fraction of sp³-hybridized carbons (Fsp3) is 0.478. The highest BCUT2D eigenvalue weighted by atomic mass is 32.2. The van der Waals surface area contributed by atoms with Crippen LogP contribution in [0.15, 0.2) is 36.4 Å². The molecule has 0 atom stereocenters. The van der Waals surface area contributed by atoms with E-state index in [1.165, 1.54) is 27.9 Å². The van der Waals surface area contributed by atoms with Gasteiger partial charge in [-0.25, -0.2) is 0 Å². The zero-order valence-corrected chi connectivity index (χ0v) is 18.1. The summed E-state index contributed by atoms with van der Waals surface area (Å²) in [5.74, 6) is 1.05. The molecule has 2 aliphatic rings. The Morgan fingerprint density at radius 3 is 2.43 bits per heavy atom. The number of nitrogens with one attached hydrogen (secondary N) is 1. The van der Waals surface area contributed by atoms with Crippen molar-refractivity contribution in [1.29, 1.82) is 0 Å². The maximum absolute atomic E-state index is 5.76. The summed E-state index contributed by atoms with van der Waals surface area (Å²) in [5.41, 5.74) is 7.82. The van der Waals surface area contributed by atoms with Gasteiger partial charge in [-0.05, 0) is 41.3 Å². The van der Waals surface area contributed by atoms with Crippen LogP contribution in [0.25, 0.3) is 11.1 Å². The summed E-state index contributed by atoms with van der Waals surface area (Å²) in [4.78, 5) is 2.45. The molecule has 2 aliphatic heterocycles. The Labute approximate surface area is 173 Å². The third kappa shape index (κ3) is 5.02. The van der Waals surface area contributed by atoms with Gasteiger partial charge in [0.25, 0.3) is 0 Å². The van der Waals surface area contributed by atoms with Crippen molar-refractivity contribution in [3.8, 4) is 11.1 Å². The van der Waals surface area contributed by atoms with Crippen molar-refractivity contribution in [1.82, 2.24) is 0 Å². The molecule has 4 rings (SSSR count). The van der Waals surface area contributed by atoms with Gasteiger partial charge in [0.1, 0.15) is 0 Å². The maximum Gasteiger partial charge on any atom is 0.0739 e. The minimum atomic E-state index is 0.722. The first kappa shape index (κ1) is 21.0. The van der Waals surface area contributed by atoms with E-state index >= 15 is 0 Å². The van der Waals surface area contributed by atoms with Crippen LogP contribution in [-0.2, 0) is 22.5 Å². The van der Waals surface area contributed by atoms with Crippen molar-refractivity contribution in [2.24, 2.45) is 0 Å². The van der Waals surface area contributed by atoms with Crippen molar-refractivity contribution >= 4 is 23.3 Å². The number of nitrogens with zero attached hydrogens (tertiary/aromatic N) is 1. The van der Waals surface area contributed by atoms with E-state index in [9.17, 15) is 0 Å². The van der Waals surface area contributed by atoms with Crippen LogP contribution in [-0.4, -0.2) is 38.7 Å². The molecular formula is C23H32N2O2S. The topological polar surface area (TPSA) is 33.7 Å². The fourth-order valence-electron chi connectivity index (χ4n) is 3.60. The van der Waals surface area contributed by atoms with Gasteiger partial charge in [0.15, 0.2) is 0 Å². The first-order valence-corrected chi connectivity index (χ1v) is 11.4. The summed E-state index contributed by atoms with van der Waals surface area (Å²) < 4.78 is 14.7. The van der Waals surface area contributed by atoms with E-state index < -0.39 is 0 Å². The third-order valence-electron chi connectivity index (χ3n) is 4.99. The van der Waals surface area contributed by atoms with E-state index in [0.29, 0.717) is 0 Å². The Hall–Kier alpha value is -1.69. The van der Waals surface area contributed by atoms with Crippen LogP contribution in [0.5, 0.6) is 0 Å². The first-order chi connectivity index (χ1) is 13.8. The lowest BCUT2D eigenvalue weighted by atomic mass is 9.94. The highest BCUT2D eigenvalue weighted by Crippen LogP contribution is 2.35. The predicted octanol–water partition coefficient (Wildman–Crippen LogP) is 5.37. The largest absolute Gasteiger partial charge is 0.378 e. The van der Waals surface area contributed by atoms with Crippen LogP contribution in [0.1, 0.15) is 31.9 Å². The number of hydrogen-bond acceptors (Lipinski definition) is 5. The molecule has 2 heterocycles. The summed E-state index contributed by atoms with van der Waals surface area (Å²) in [6.45, 7) is 11.2. The van der Waals surface area contributed by atoms with Gasteiger partial charge in [-0.15, -0.1) is 0 Å². The van der Waals surface area contributed by atoms with Gasteiger partial charge in [0.2, 0.25) is 0 Å². The Morgan fingerprint density at radius 2 is 1.71 bits per heavy atom. The zero-order valence-electron chi connectivity index (χ0n) is 17.3. The minimum absolute atomic E-state index is 0.722. The zero-order chi connectivity index (χ0) is 19.8. The van der Waals surface area contributed by atoms with Gasteiger partial charge in [-0.2, -0.15) is 0 Å². The molecule has 0 bridgehead atoms. The molecule has 4 nitrogen and oxygen atoms in total. The molecule has 2 aromatic rings. The minimum Gasteiger partial charge on any atom is -0.378 e. The highest BCUT2D eigenvalue weighted by molar-refractivity contribution is 8.00. The molecule has 152 valence electrons. The molecule has 0 saturated carbocycles. The summed E-state index contributed by atoms with van der Waals surface area (Å²) in [7, 11) is 0. The van der Waals surface area contributed by atoms with E-state index in [4.69, 9.17) is 9.47 Å². The normalized spacial score (nSPS) is 16.0. The smallest absolute Gasteiger partial charge is 0.0739 e. The van der Waals surface area contributed by atoms with Crippen LogP contribution in [0.4, 0.5) is 11.4 Å². The standard InChI is InChI=1S/C21H26N2O2S.C2H6/c1-2-26-22-19-5-3-16(4-6-19)18-13-17-7-10-25-15-20(17)21(14-18)23-8-11-24-12-9-23;1-2/h3-6,13-14,22H,2,7-12,15H2,1H3;1-2H3. The average molecular weight is 401 g/mol. The quantitative estimate of drug-likeness (QED) is 0.683. The Balaban J connectivity index is 0.00000109. The van der Waals surface area contributed by atoms with Crippen molar-refractivity contribution in [3.05, 3.63) is 47.5 Å². The third-order valence-corrected chi connectivity index (χ3v) is 5.65. The summed E-state index contributed by atoms with van der Waals surface area (Å²) in [5, 5.41) is 0. The maximum atomic E-state index is 5.76. The molecule has 0 aliphatic carbocycles. The van der Waals surface area contributed by atoms with Crippen molar-refractivity contribution in [2.75, 3.05) is 48.3 Å². The Morgan fingerprint density at radius 1 is 0.964 bits per heavy atom. The number of benzene rings is 2. The van der Waals surface area contributed by atoms with E-state index in [-0.39, 0.29) is 0 Å². The number of fused-ring (bicyclic) bond motifs is 1. The molecule has 0 spiro atoms. The lowest BCUT2D eigenvalue weighted by Crippen LogP contribution is -2.37. The van der Waals surface area contributed by atoms with Crippen LogP contribution in [0, 0.1) is 0 Å². The van der Waals surface area contributed by atoms with Crippen LogP contribution >= 0.6 is 11.9 Å². The fourth-order valence-corrected chi connectivity index (χ4v) is 4.05. The van der Waals surface area contributed by atoms with Gasteiger partial charge in [0.05, 0.1) is 26.4 Å². The Bertz CT molecular complexity index is 743. The molecular weight excluding hydrogens is 368 g/mol. The SMILES string of the molecule is CC.CCSNc1ccc(-c2cc3c(c(N4CCOCC4)c2)COCC3)cc1. The molecule has 1 fully saturated rings. The van der Waals surface area contributed by atoms with Gasteiger partial charge in [-0.3, -0.25) is 0 Å². The summed E-state index contributed by atoms with van der Waals surface area (Å²) >= 11 is 1.72. The molecule has 28 heavy (non-hydrogen) atoms. The molecule has 1 saturated heterocycles. The summed E-state index contributed by atoms with van der Waals surface area (Å²) in [6.07, 6.45) is 0.993. The van der Waals surface area contributed by atoms with E-state index in [0.717, 1.165) is 57.4 Å².